The lowest BCUT2D eigenvalue weighted by atomic mass is 10.1. The number of hydrogen-bond donors (Lipinski definition) is 1. The van der Waals surface area contributed by atoms with E-state index in [0.717, 1.165) is 5.69 Å². The Morgan fingerprint density at radius 2 is 1.91 bits per heavy atom. The van der Waals surface area contributed by atoms with Crippen molar-refractivity contribution in [2.45, 2.75) is 19.3 Å². The molecule has 4 rings (SSSR count). The van der Waals surface area contributed by atoms with Gasteiger partial charge in [0.1, 0.15) is 5.69 Å². The van der Waals surface area contributed by atoms with E-state index in [1.165, 1.54) is 0 Å². The minimum absolute atomic E-state index is 0.0422. The molecular weight excluding hydrogens is 497 g/mol. The molecule has 0 spiro atoms. The molecule has 182 valence electrons. The van der Waals surface area contributed by atoms with Crippen molar-refractivity contribution in [2.75, 3.05) is 24.7 Å². The van der Waals surface area contributed by atoms with E-state index in [1.54, 1.807) is 23.1 Å². The van der Waals surface area contributed by atoms with Crippen LogP contribution >= 0.6 is 23.2 Å². The molecule has 1 saturated heterocycles. The maximum absolute atomic E-state index is 13.1. The molecule has 1 aliphatic heterocycles. The molecule has 2 heterocycles. The van der Waals surface area contributed by atoms with Crippen molar-refractivity contribution in [1.82, 2.24) is 4.98 Å². The van der Waals surface area contributed by atoms with Gasteiger partial charge in [-0.3, -0.25) is 4.79 Å². The van der Waals surface area contributed by atoms with Crippen LogP contribution in [0.25, 0.3) is 17.0 Å². The van der Waals surface area contributed by atoms with Crippen LogP contribution in [0.15, 0.2) is 48.0 Å². The topological polar surface area (TPSA) is 115 Å². The number of anilines is 1. The van der Waals surface area contributed by atoms with E-state index < -0.39 is 11.1 Å². The highest BCUT2D eigenvalue weighted by Gasteiger charge is 2.29. The van der Waals surface area contributed by atoms with Gasteiger partial charge in [0.25, 0.3) is 11.0 Å². The maximum Gasteiger partial charge on any atom is 0.355 e. The van der Waals surface area contributed by atoms with Crippen LogP contribution in [-0.4, -0.2) is 41.7 Å². The Balaban J connectivity index is 1.60. The summed E-state index contributed by atoms with van der Waals surface area (Å²) in [6.07, 6.45) is 2.90. The lowest BCUT2D eigenvalue weighted by molar-refractivity contribution is -0.757. The van der Waals surface area contributed by atoms with E-state index in [4.69, 9.17) is 27.9 Å². The smallest absolute Gasteiger partial charge is 0.355 e. The zero-order valence-corrected chi connectivity index (χ0v) is 20.0. The van der Waals surface area contributed by atoms with Crippen molar-refractivity contribution in [2.24, 2.45) is 0 Å². The van der Waals surface area contributed by atoms with Gasteiger partial charge in [-0.25, -0.2) is 4.79 Å². The molecule has 0 atom stereocenters. The fourth-order valence-corrected chi connectivity index (χ4v) is 4.53. The molecular formula is C24H21Cl2N3O6. The van der Waals surface area contributed by atoms with Crippen molar-refractivity contribution in [3.05, 3.63) is 79.5 Å². The molecule has 0 unspecified atom stereocenters. The van der Waals surface area contributed by atoms with Gasteiger partial charge in [0.15, 0.2) is 0 Å². The number of carbonyl (C=O) groups is 2. The second-order valence-electron chi connectivity index (χ2n) is 7.84. The number of aromatic nitrogens is 1. The highest BCUT2D eigenvalue weighted by Crippen LogP contribution is 2.36. The number of benzene rings is 2. The van der Waals surface area contributed by atoms with Gasteiger partial charge < -0.3 is 19.5 Å². The minimum atomic E-state index is -0.867. The average molecular weight is 518 g/mol. The molecule has 35 heavy (non-hydrogen) atoms. The molecule has 9 nitrogen and oxygen atoms in total. The van der Waals surface area contributed by atoms with Crippen LogP contribution in [0.4, 0.5) is 5.69 Å². The Labute approximate surface area is 210 Å². The molecule has 0 radical (unpaired) electrons. The summed E-state index contributed by atoms with van der Waals surface area (Å²) in [5.74, 6) is -0.790. The van der Waals surface area contributed by atoms with Gasteiger partial charge in [0, 0.05) is 39.3 Å². The van der Waals surface area contributed by atoms with Crippen LogP contribution in [0.3, 0.4) is 0 Å². The number of nitrogens with zero attached hydrogens (tertiary/aromatic N) is 2. The summed E-state index contributed by atoms with van der Waals surface area (Å²) in [7, 11) is 0. The van der Waals surface area contributed by atoms with Crippen molar-refractivity contribution < 1.29 is 24.3 Å². The number of esters is 1. The molecule has 0 saturated carbocycles. The Kier molecular flexibility index (Phi) is 7.57. The fourth-order valence-electron chi connectivity index (χ4n) is 3.94. The Bertz CT molecular complexity index is 1310. The van der Waals surface area contributed by atoms with Crippen molar-refractivity contribution in [3.8, 4) is 0 Å². The molecule has 0 aliphatic carbocycles. The summed E-state index contributed by atoms with van der Waals surface area (Å²) in [5.41, 5.74) is 2.45. The number of H-pyrrole nitrogens is 1. The summed E-state index contributed by atoms with van der Waals surface area (Å²) in [6, 6.07) is 12.6. The van der Waals surface area contributed by atoms with E-state index in [-0.39, 0.29) is 24.8 Å². The lowest BCUT2D eigenvalue weighted by Crippen LogP contribution is -2.24. The number of nitrogens with one attached hydrogen (secondary N) is 1. The van der Waals surface area contributed by atoms with Crippen LogP contribution in [0.5, 0.6) is 0 Å². The van der Waals surface area contributed by atoms with Crippen molar-refractivity contribution in [3.63, 3.8) is 0 Å². The molecule has 1 N–H and O–H groups in total. The highest BCUT2D eigenvalue weighted by molar-refractivity contribution is 6.39. The molecule has 2 aromatic carbocycles. The number of para-hydroxylation sites is 1. The molecule has 1 aliphatic rings. The third-order valence-corrected chi connectivity index (χ3v) is 6.05. The Morgan fingerprint density at radius 1 is 1.17 bits per heavy atom. The molecule has 1 amide bonds. The quantitative estimate of drug-likeness (QED) is 0.133. The van der Waals surface area contributed by atoms with Gasteiger partial charge in [-0.05, 0) is 49.6 Å². The largest absolute Gasteiger partial charge is 0.461 e. The number of halogens is 2. The van der Waals surface area contributed by atoms with E-state index in [1.807, 2.05) is 30.3 Å². The third-order valence-electron chi connectivity index (χ3n) is 5.54. The highest BCUT2D eigenvalue weighted by atomic mass is 35.5. The third kappa shape index (κ3) is 5.58. The number of hydrogen-bond acceptors (Lipinski definition) is 6. The summed E-state index contributed by atoms with van der Waals surface area (Å²) in [4.78, 5) is 45.2. The lowest BCUT2D eigenvalue weighted by Gasteiger charge is -2.14. The number of carbonyl (C=O) groups excluding carboxylic acids is 2. The predicted molar refractivity (Wildman–Crippen MR) is 132 cm³/mol. The molecule has 3 aromatic rings. The first-order valence-electron chi connectivity index (χ1n) is 10.9. The van der Waals surface area contributed by atoms with Crippen LogP contribution < -0.4 is 4.90 Å². The number of aromatic amines is 1. The van der Waals surface area contributed by atoms with E-state index in [0.29, 0.717) is 57.9 Å². The summed E-state index contributed by atoms with van der Waals surface area (Å²) >= 11 is 12.6. The molecule has 11 heteroatoms. The standard InChI is InChI=1S/C24H21Cl2N3O6/c25-16-13-19(26)21-18(12-15-8-9-28(23(15)30)17-6-2-1-3-7-17)22(27-20(21)14-16)24(31)34-10-4-5-11-35-29(32)33/h1-3,6-7,12-14,27H,4-5,8-11H2/b15-12+. The maximum atomic E-state index is 13.1. The average Bonchev–Trinajstić information content (AvgIpc) is 3.37. The van der Waals surface area contributed by atoms with Crippen LogP contribution in [0.1, 0.15) is 35.3 Å². The number of rotatable bonds is 9. The van der Waals surface area contributed by atoms with Gasteiger partial charge >= 0.3 is 5.97 Å². The van der Waals surface area contributed by atoms with E-state index in [2.05, 4.69) is 9.82 Å². The first-order chi connectivity index (χ1) is 16.8. The van der Waals surface area contributed by atoms with Crippen molar-refractivity contribution in [1.29, 1.82) is 0 Å². The van der Waals surface area contributed by atoms with E-state index in [9.17, 15) is 19.7 Å². The van der Waals surface area contributed by atoms with Gasteiger partial charge in [0.05, 0.1) is 18.2 Å². The zero-order chi connectivity index (χ0) is 24.9. The number of fused-ring (bicyclic) bond motifs is 1. The summed E-state index contributed by atoms with van der Waals surface area (Å²) in [5, 5.41) is 10.6. The summed E-state index contributed by atoms with van der Waals surface area (Å²) in [6.45, 7) is 0.478. The summed E-state index contributed by atoms with van der Waals surface area (Å²) < 4.78 is 5.36. The van der Waals surface area contributed by atoms with Crippen LogP contribution in [0.2, 0.25) is 10.0 Å². The van der Waals surface area contributed by atoms with Gasteiger partial charge in [-0.15, -0.1) is 10.1 Å². The second-order valence-corrected chi connectivity index (χ2v) is 8.68. The number of amides is 1. The SMILES string of the molecule is O=C(OCCCCO[N+](=O)[O-])c1[nH]c2cc(Cl)cc(Cl)c2c1/C=C1\CCN(c2ccccc2)C1=O. The van der Waals surface area contributed by atoms with Crippen LogP contribution in [-0.2, 0) is 14.4 Å². The van der Waals surface area contributed by atoms with Gasteiger partial charge in [-0.1, -0.05) is 41.4 Å². The van der Waals surface area contributed by atoms with Gasteiger partial charge in [0.2, 0.25) is 0 Å². The van der Waals surface area contributed by atoms with Crippen molar-refractivity contribution >= 4 is 57.7 Å². The Hall–Kier alpha value is -3.56. The van der Waals surface area contributed by atoms with Gasteiger partial charge in [-0.2, -0.15) is 0 Å². The Morgan fingerprint density at radius 3 is 2.66 bits per heavy atom. The number of ether oxygens (including phenoxy) is 1. The van der Waals surface area contributed by atoms with E-state index >= 15 is 0 Å². The normalized spacial score (nSPS) is 14.6. The molecule has 0 bridgehead atoms. The molecule has 1 fully saturated rings. The predicted octanol–water partition coefficient (Wildman–Crippen LogP) is 5.44. The monoisotopic (exact) mass is 517 g/mol. The molecule has 1 aromatic heterocycles. The number of unbranched alkanes of at least 4 members (excludes halogenated alkanes) is 1. The van der Waals surface area contributed by atoms with Crippen LogP contribution in [0, 0.1) is 10.1 Å². The minimum Gasteiger partial charge on any atom is -0.461 e. The zero-order valence-electron chi connectivity index (χ0n) is 18.5. The first-order valence-corrected chi connectivity index (χ1v) is 11.6. The first kappa shape index (κ1) is 24.6. The second kappa shape index (κ2) is 10.8. The fraction of sp³-hybridized carbons (Fsp3) is 0.250.